The molecule has 2 aliphatic rings. The molecular formula is C12H19N3O2. The van der Waals surface area contributed by atoms with Crippen molar-refractivity contribution in [2.24, 2.45) is 0 Å². The van der Waals surface area contributed by atoms with Gasteiger partial charge in [0.1, 0.15) is 0 Å². The van der Waals surface area contributed by atoms with E-state index in [2.05, 4.69) is 10.2 Å². The summed E-state index contributed by atoms with van der Waals surface area (Å²) in [7, 11) is 1.50. The molecule has 0 aromatic heterocycles. The Bertz CT molecular complexity index is 344. The van der Waals surface area contributed by atoms with Crippen molar-refractivity contribution in [1.82, 2.24) is 15.1 Å². The Balaban J connectivity index is 2.11. The fraction of sp³-hybridized carbons (Fsp3) is 0.667. The van der Waals surface area contributed by atoms with Crippen LogP contribution in [-0.4, -0.2) is 48.4 Å². The fourth-order valence-electron chi connectivity index (χ4n) is 2.24. The van der Waals surface area contributed by atoms with Gasteiger partial charge in [-0.25, -0.2) is 4.79 Å². The van der Waals surface area contributed by atoms with E-state index in [-0.39, 0.29) is 11.9 Å². The summed E-state index contributed by atoms with van der Waals surface area (Å²) in [5.74, 6) is -0.237. The number of nitrogens with zero attached hydrogens (tertiary/aromatic N) is 2. The van der Waals surface area contributed by atoms with E-state index in [4.69, 9.17) is 0 Å². The van der Waals surface area contributed by atoms with E-state index in [1.807, 2.05) is 0 Å². The molecule has 0 radical (unpaired) electrons. The van der Waals surface area contributed by atoms with Crippen LogP contribution in [0.4, 0.5) is 4.79 Å². The van der Waals surface area contributed by atoms with Crippen LogP contribution in [0, 0.1) is 0 Å². The molecule has 5 nitrogen and oxygen atoms in total. The molecule has 1 fully saturated rings. The average Bonchev–Trinajstić information content (AvgIpc) is 2.65. The van der Waals surface area contributed by atoms with E-state index in [0.717, 1.165) is 36.5 Å². The first-order chi connectivity index (χ1) is 8.18. The number of urea groups is 1. The lowest BCUT2D eigenvalue weighted by Gasteiger charge is -2.24. The van der Waals surface area contributed by atoms with E-state index in [1.54, 1.807) is 6.08 Å². The molecule has 2 rings (SSSR count). The lowest BCUT2D eigenvalue weighted by atomic mass is 10.2. The normalized spacial score (nSPS) is 22.8. The van der Waals surface area contributed by atoms with E-state index in [9.17, 15) is 9.59 Å². The number of likely N-dealkylation sites (N-methyl/N-ethyl adjacent to an activating group) is 1. The third kappa shape index (κ3) is 2.78. The standard InChI is InChI=1S/C12H19N3O2/c1-14-11(16)8-10(9-13-12(14)17)15-6-4-2-3-5-7-15/h8H,2-7,9H2,1H3,(H,13,17). The van der Waals surface area contributed by atoms with Crippen molar-refractivity contribution in [3.63, 3.8) is 0 Å². The highest BCUT2D eigenvalue weighted by molar-refractivity contribution is 6.01. The number of hydrogen-bond donors (Lipinski definition) is 1. The quantitative estimate of drug-likeness (QED) is 0.738. The molecule has 1 saturated heterocycles. The Morgan fingerprint density at radius 2 is 1.76 bits per heavy atom. The maximum atomic E-state index is 11.7. The Labute approximate surface area is 101 Å². The van der Waals surface area contributed by atoms with Crippen LogP contribution in [-0.2, 0) is 4.79 Å². The van der Waals surface area contributed by atoms with Gasteiger partial charge >= 0.3 is 6.03 Å². The van der Waals surface area contributed by atoms with E-state index in [0.29, 0.717) is 6.54 Å². The number of imide groups is 1. The average molecular weight is 237 g/mol. The monoisotopic (exact) mass is 237 g/mol. The van der Waals surface area contributed by atoms with E-state index in [1.165, 1.54) is 19.9 Å². The van der Waals surface area contributed by atoms with Gasteiger partial charge in [0.15, 0.2) is 0 Å². The summed E-state index contributed by atoms with van der Waals surface area (Å²) < 4.78 is 0. The molecule has 17 heavy (non-hydrogen) atoms. The number of nitrogens with one attached hydrogen (secondary N) is 1. The van der Waals surface area contributed by atoms with Crippen molar-refractivity contribution in [1.29, 1.82) is 0 Å². The molecule has 0 bridgehead atoms. The molecule has 2 heterocycles. The lowest BCUT2D eigenvalue weighted by molar-refractivity contribution is -0.122. The first-order valence-corrected chi connectivity index (χ1v) is 6.19. The van der Waals surface area contributed by atoms with Gasteiger partial charge in [0.05, 0.1) is 6.54 Å². The molecule has 0 atom stereocenters. The molecule has 0 spiro atoms. The number of likely N-dealkylation sites (tertiary alicyclic amines) is 1. The number of carbonyl (C=O) groups is 2. The Morgan fingerprint density at radius 1 is 1.12 bits per heavy atom. The van der Waals surface area contributed by atoms with Crippen LogP contribution < -0.4 is 5.32 Å². The first-order valence-electron chi connectivity index (χ1n) is 6.19. The minimum atomic E-state index is -0.323. The van der Waals surface area contributed by atoms with E-state index < -0.39 is 0 Å². The number of amides is 3. The molecule has 0 saturated carbocycles. The molecule has 0 aromatic rings. The van der Waals surface area contributed by atoms with Crippen molar-refractivity contribution >= 4 is 11.9 Å². The highest BCUT2D eigenvalue weighted by atomic mass is 16.2. The summed E-state index contributed by atoms with van der Waals surface area (Å²) in [6, 6.07) is -0.323. The Kier molecular flexibility index (Phi) is 3.66. The van der Waals surface area contributed by atoms with Gasteiger partial charge in [0.2, 0.25) is 0 Å². The highest BCUT2D eigenvalue weighted by Gasteiger charge is 2.22. The molecule has 3 amide bonds. The number of hydrogen-bond acceptors (Lipinski definition) is 3. The van der Waals surface area contributed by atoms with Crippen molar-refractivity contribution < 1.29 is 9.59 Å². The highest BCUT2D eigenvalue weighted by Crippen LogP contribution is 2.15. The van der Waals surface area contributed by atoms with Gasteiger partial charge in [0, 0.05) is 31.9 Å². The Morgan fingerprint density at radius 3 is 2.41 bits per heavy atom. The van der Waals surface area contributed by atoms with Crippen LogP contribution in [0.5, 0.6) is 0 Å². The minimum Gasteiger partial charge on any atom is -0.373 e. The second-order valence-corrected chi connectivity index (χ2v) is 4.59. The van der Waals surface area contributed by atoms with Crippen molar-refractivity contribution in [2.45, 2.75) is 25.7 Å². The summed E-state index contributed by atoms with van der Waals surface area (Å²) in [6.07, 6.45) is 6.42. The van der Waals surface area contributed by atoms with Gasteiger partial charge in [-0.15, -0.1) is 0 Å². The van der Waals surface area contributed by atoms with Crippen LogP contribution in [0.15, 0.2) is 11.8 Å². The maximum Gasteiger partial charge on any atom is 0.324 e. The molecule has 94 valence electrons. The first kappa shape index (κ1) is 12.0. The fourth-order valence-corrected chi connectivity index (χ4v) is 2.24. The predicted octanol–water partition coefficient (Wildman–Crippen LogP) is 0.928. The predicted molar refractivity (Wildman–Crippen MR) is 64.3 cm³/mol. The zero-order chi connectivity index (χ0) is 12.3. The molecule has 0 aromatic carbocycles. The van der Waals surface area contributed by atoms with Crippen molar-refractivity contribution in [2.75, 3.05) is 26.7 Å². The molecule has 1 N–H and O–H groups in total. The molecule has 0 aliphatic carbocycles. The molecular weight excluding hydrogens is 218 g/mol. The summed E-state index contributed by atoms with van der Waals surface area (Å²) in [6.45, 7) is 2.42. The smallest absolute Gasteiger partial charge is 0.324 e. The van der Waals surface area contributed by atoms with Gasteiger partial charge in [-0.2, -0.15) is 0 Å². The largest absolute Gasteiger partial charge is 0.373 e. The van der Waals surface area contributed by atoms with Gasteiger partial charge in [0.25, 0.3) is 5.91 Å². The second kappa shape index (κ2) is 5.21. The van der Waals surface area contributed by atoms with Gasteiger partial charge in [-0.1, -0.05) is 12.8 Å². The van der Waals surface area contributed by atoms with Gasteiger partial charge in [-0.05, 0) is 12.8 Å². The second-order valence-electron chi connectivity index (χ2n) is 4.59. The SMILES string of the molecule is CN1C(=O)C=C(N2CCCCCC2)CNC1=O. The number of rotatable bonds is 1. The molecule has 2 aliphatic heterocycles. The van der Waals surface area contributed by atoms with Crippen LogP contribution in [0.25, 0.3) is 0 Å². The maximum absolute atomic E-state index is 11.7. The molecule has 5 heteroatoms. The topological polar surface area (TPSA) is 52.7 Å². The summed E-state index contributed by atoms with van der Waals surface area (Å²) >= 11 is 0. The Hall–Kier alpha value is -1.52. The molecule has 0 unspecified atom stereocenters. The third-order valence-electron chi connectivity index (χ3n) is 3.36. The van der Waals surface area contributed by atoms with Crippen LogP contribution >= 0.6 is 0 Å². The van der Waals surface area contributed by atoms with Gasteiger partial charge < -0.3 is 10.2 Å². The number of carbonyl (C=O) groups excluding carboxylic acids is 2. The third-order valence-corrected chi connectivity index (χ3v) is 3.36. The minimum absolute atomic E-state index is 0.237. The summed E-state index contributed by atoms with van der Waals surface area (Å²) in [5, 5.41) is 2.75. The zero-order valence-corrected chi connectivity index (χ0v) is 10.2. The van der Waals surface area contributed by atoms with Crippen LogP contribution in [0.3, 0.4) is 0 Å². The van der Waals surface area contributed by atoms with Crippen molar-refractivity contribution in [3.8, 4) is 0 Å². The van der Waals surface area contributed by atoms with Crippen LogP contribution in [0.1, 0.15) is 25.7 Å². The van der Waals surface area contributed by atoms with Crippen LogP contribution in [0.2, 0.25) is 0 Å². The summed E-state index contributed by atoms with van der Waals surface area (Å²) in [5.41, 5.74) is 0.939. The van der Waals surface area contributed by atoms with E-state index >= 15 is 0 Å². The van der Waals surface area contributed by atoms with Crippen molar-refractivity contribution in [3.05, 3.63) is 11.8 Å². The lowest BCUT2D eigenvalue weighted by Crippen LogP contribution is -2.39. The summed E-state index contributed by atoms with van der Waals surface area (Å²) in [4.78, 5) is 26.5. The van der Waals surface area contributed by atoms with Gasteiger partial charge in [-0.3, -0.25) is 9.69 Å². The zero-order valence-electron chi connectivity index (χ0n) is 10.2.